The molecule has 0 aliphatic heterocycles. The molecule has 0 spiro atoms. The van der Waals surface area contributed by atoms with Crippen molar-refractivity contribution in [2.45, 2.75) is 4.90 Å². The molecule has 0 bridgehead atoms. The Morgan fingerprint density at radius 3 is 2.70 bits per heavy atom. The van der Waals surface area contributed by atoms with E-state index < -0.39 is 16.0 Å². The zero-order chi connectivity index (χ0) is 14.8. The summed E-state index contributed by atoms with van der Waals surface area (Å²) >= 11 is 0. The fourth-order valence-electron chi connectivity index (χ4n) is 1.50. The van der Waals surface area contributed by atoms with Crippen LogP contribution in [0.25, 0.3) is 0 Å². The Labute approximate surface area is 114 Å². The van der Waals surface area contributed by atoms with E-state index in [0.717, 1.165) is 0 Å². The summed E-state index contributed by atoms with van der Waals surface area (Å²) in [5.74, 6) is -0.577. The van der Waals surface area contributed by atoms with Crippen molar-refractivity contribution in [1.29, 1.82) is 0 Å². The van der Waals surface area contributed by atoms with Crippen molar-refractivity contribution >= 4 is 27.5 Å². The summed E-state index contributed by atoms with van der Waals surface area (Å²) in [4.78, 5) is 11.1. The number of aromatic nitrogens is 1. The summed E-state index contributed by atoms with van der Waals surface area (Å²) in [6.07, 6.45) is 1.22. The number of carbonyl (C=O) groups excluding carboxylic acids is 1. The monoisotopic (exact) mass is 297 g/mol. The number of nitrogens with zero attached hydrogens (tertiary/aromatic N) is 1. The lowest BCUT2D eigenvalue weighted by molar-refractivity contribution is 0.0600. The van der Waals surface area contributed by atoms with Crippen LogP contribution in [0.2, 0.25) is 0 Å². The third-order valence-electron chi connectivity index (χ3n) is 2.40. The van der Waals surface area contributed by atoms with Gasteiger partial charge in [0, 0.05) is 6.07 Å². The van der Waals surface area contributed by atoms with Gasteiger partial charge in [-0.25, -0.2) is 13.2 Å². The van der Waals surface area contributed by atoms with E-state index in [9.17, 15) is 13.2 Å². The molecule has 8 nitrogen and oxygen atoms in total. The number of benzene rings is 1. The number of nitrogens with two attached hydrogens (primary N) is 1. The van der Waals surface area contributed by atoms with E-state index in [0.29, 0.717) is 0 Å². The highest BCUT2D eigenvalue weighted by Crippen LogP contribution is 2.22. The van der Waals surface area contributed by atoms with Gasteiger partial charge in [0.15, 0.2) is 5.82 Å². The highest BCUT2D eigenvalue weighted by Gasteiger charge is 2.20. The maximum absolute atomic E-state index is 12.1. The van der Waals surface area contributed by atoms with Crippen molar-refractivity contribution < 1.29 is 22.5 Å². The number of carbonyl (C=O) groups is 1. The zero-order valence-electron chi connectivity index (χ0n) is 10.4. The Hall–Kier alpha value is -2.55. The van der Waals surface area contributed by atoms with E-state index in [1.165, 1.54) is 37.6 Å². The van der Waals surface area contributed by atoms with Gasteiger partial charge in [0.2, 0.25) is 0 Å². The van der Waals surface area contributed by atoms with Gasteiger partial charge in [-0.2, -0.15) is 0 Å². The Balaban J connectivity index is 2.35. The number of nitrogen functional groups attached to an aromatic ring is 1. The van der Waals surface area contributed by atoms with Crippen LogP contribution in [0.5, 0.6) is 0 Å². The first-order valence-electron chi connectivity index (χ1n) is 5.35. The lowest BCUT2D eigenvalue weighted by Gasteiger charge is -2.09. The zero-order valence-corrected chi connectivity index (χ0v) is 11.2. The average Bonchev–Trinajstić information content (AvgIpc) is 2.89. The molecule has 0 saturated carbocycles. The van der Waals surface area contributed by atoms with E-state index in [-0.39, 0.29) is 22.0 Å². The van der Waals surface area contributed by atoms with Crippen LogP contribution < -0.4 is 10.5 Å². The SMILES string of the molecule is COC(=O)c1ccc(S(=O)(=O)Nc2ccon2)c(N)c1. The van der Waals surface area contributed by atoms with Gasteiger partial charge in [-0.3, -0.25) is 4.72 Å². The van der Waals surface area contributed by atoms with Crippen molar-refractivity contribution in [2.75, 3.05) is 17.6 Å². The van der Waals surface area contributed by atoms with Crippen molar-refractivity contribution in [3.8, 4) is 0 Å². The predicted molar refractivity (Wildman–Crippen MR) is 69.5 cm³/mol. The number of hydrogen-bond acceptors (Lipinski definition) is 7. The summed E-state index contributed by atoms with van der Waals surface area (Å²) in [5.41, 5.74) is 5.74. The molecular weight excluding hydrogens is 286 g/mol. The van der Waals surface area contributed by atoms with E-state index in [2.05, 4.69) is 19.1 Å². The summed E-state index contributed by atoms with van der Waals surface area (Å²) in [6.45, 7) is 0. The predicted octanol–water partition coefficient (Wildman–Crippen LogP) is 0.844. The van der Waals surface area contributed by atoms with E-state index in [1.54, 1.807) is 0 Å². The Morgan fingerprint density at radius 1 is 1.40 bits per heavy atom. The summed E-state index contributed by atoms with van der Waals surface area (Å²) < 4.78 is 35.4. The second-order valence-corrected chi connectivity index (χ2v) is 5.39. The summed E-state index contributed by atoms with van der Waals surface area (Å²) in [5, 5.41) is 3.44. The highest BCUT2D eigenvalue weighted by atomic mass is 32.2. The number of ether oxygens (including phenoxy) is 1. The molecule has 106 valence electrons. The molecule has 9 heteroatoms. The van der Waals surface area contributed by atoms with Crippen LogP contribution in [0.15, 0.2) is 39.9 Å². The Bertz CT molecular complexity index is 725. The molecule has 0 unspecified atom stereocenters. The molecule has 2 aromatic rings. The molecule has 3 N–H and O–H groups in total. The second kappa shape index (κ2) is 5.21. The third-order valence-corrected chi connectivity index (χ3v) is 3.83. The number of nitrogens with one attached hydrogen (secondary N) is 1. The first kappa shape index (κ1) is 13.9. The molecule has 0 saturated heterocycles. The van der Waals surface area contributed by atoms with Gasteiger partial charge < -0.3 is 15.0 Å². The third kappa shape index (κ3) is 2.72. The normalized spacial score (nSPS) is 11.1. The molecular formula is C11H11N3O5S. The number of esters is 1. The highest BCUT2D eigenvalue weighted by molar-refractivity contribution is 7.92. The molecule has 0 fully saturated rings. The van der Waals surface area contributed by atoms with Crippen LogP contribution in [0.3, 0.4) is 0 Å². The molecule has 0 aliphatic carbocycles. The van der Waals surface area contributed by atoms with Gasteiger partial charge in [0.1, 0.15) is 11.2 Å². The number of methoxy groups -OCH3 is 1. The molecule has 0 radical (unpaired) electrons. The largest absolute Gasteiger partial charge is 0.465 e. The molecule has 20 heavy (non-hydrogen) atoms. The standard InChI is InChI=1S/C11H11N3O5S/c1-18-11(15)7-2-3-9(8(12)6-7)20(16,17)14-10-4-5-19-13-10/h2-6H,12H2,1H3,(H,13,14). The maximum Gasteiger partial charge on any atom is 0.337 e. The summed E-state index contributed by atoms with van der Waals surface area (Å²) in [6, 6.07) is 5.09. The van der Waals surface area contributed by atoms with Gasteiger partial charge in [-0.05, 0) is 18.2 Å². The van der Waals surface area contributed by atoms with Gasteiger partial charge in [0.05, 0.1) is 18.4 Å². The molecule has 2 rings (SSSR count). The molecule has 1 aromatic heterocycles. The van der Waals surface area contributed by atoms with E-state index >= 15 is 0 Å². The minimum atomic E-state index is -3.91. The van der Waals surface area contributed by atoms with Crippen molar-refractivity contribution in [3.05, 3.63) is 36.1 Å². The van der Waals surface area contributed by atoms with Crippen LogP contribution >= 0.6 is 0 Å². The van der Waals surface area contributed by atoms with Crippen molar-refractivity contribution in [3.63, 3.8) is 0 Å². The Kier molecular flexibility index (Phi) is 3.61. The molecule has 0 amide bonds. The fraction of sp³-hybridized carbons (Fsp3) is 0.0909. The maximum atomic E-state index is 12.1. The minimum Gasteiger partial charge on any atom is -0.465 e. The second-order valence-electron chi connectivity index (χ2n) is 3.73. The quantitative estimate of drug-likeness (QED) is 0.633. The minimum absolute atomic E-state index is 0.0291. The van der Waals surface area contributed by atoms with Crippen LogP contribution in [-0.4, -0.2) is 26.7 Å². The molecule has 1 aromatic carbocycles. The van der Waals surface area contributed by atoms with Crippen molar-refractivity contribution in [2.24, 2.45) is 0 Å². The number of hydrogen-bond donors (Lipinski definition) is 2. The first-order valence-corrected chi connectivity index (χ1v) is 6.83. The number of sulfonamides is 1. The van der Waals surface area contributed by atoms with Crippen LogP contribution in [0, 0.1) is 0 Å². The van der Waals surface area contributed by atoms with Crippen LogP contribution in [-0.2, 0) is 14.8 Å². The van der Waals surface area contributed by atoms with E-state index in [1.807, 2.05) is 0 Å². The molecule has 1 heterocycles. The van der Waals surface area contributed by atoms with Gasteiger partial charge >= 0.3 is 5.97 Å². The van der Waals surface area contributed by atoms with E-state index in [4.69, 9.17) is 5.73 Å². The Morgan fingerprint density at radius 2 is 2.15 bits per heavy atom. The topological polar surface area (TPSA) is 125 Å². The van der Waals surface area contributed by atoms with Crippen molar-refractivity contribution in [1.82, 2.24) is 5.16 Å². The van der Waals surface area contributed by atoms with Crippen LogP contribution in [0.4, 0.5) is 11.5 Å². The molecule has 0 aliphatic rings. The van der Waals surface area contributed by atoms with Gasteiger partial charge in [0.25, 0.3) is 10.0 Å². The lowest BCUT2D eigenvalue weighted by atomic mass is 10.2. The average molecular weight is 297 g/mol. The summed E-state index contributed by atoms with van der Waals surface area (Å²) in [7, 11) is -2.70. The first-order chi connectivity index (χ1) is 9.44. The van der Waals surface area contributed by atoms with Gasteiger partial charge in [-0.15, -0.1) is 0 Å². The number of anilines is 2. The molecule has 0 atom stereocenters. The number of rotatable bonds is 4. The smallest absolute Gasteiger partial charge is 0.337 e. The fourth-order valence-corrected chi connectivity index (χ4v) is 2.60. The lowest BCUT2D eigenvalue weighted by Crippen LogP contribution is -2.15. The van der Waals surface area contributed by atoms with Gasteiger partial charge in [-0.1, -0.05) is 5.16 Å². The van der Waals surface area contributed by atoms with Crippen LogP contribution in [0.1, 0.15) is 10.4 Å².